The molecule has 1 aromatic carbocycles. The number of unbranched alkanes of at least 4 members (excludes halogenated alkanes) is 1. The highest BCUT2D eigenvalue weighted by Crippen LogP contribution is 2.24. The van der Waals surface area contributed by atoms with Gasteiger partial charge in [0.2, 0.25) is 0 Å². The Morgan fingerprint density at radius 3 is 2.83 bits per heavy atom. The van der Waals surface area contributed by atoms with Crippen LogP contribution in [0, 0.1) is 3.57 Å². The Balaban J connectivity index is 2.75. The van der Waals surface area contributed by atoms with Gasteiger partial charge >= 0.3 is 5.97 Å². The predicted octanol–water partition coefficient (Wildman–Crippen LogP) is 4.20. The maximum atomic E-state index is 11.7. The lowest BCUT2D eigenvalue weighted by Crippen LogP contribution is -2.30. The summed E-state index contributed by atoms with van der Waals surface area (Å²) < 4.78 is 6.98. The Kier molecular flexibility index (Phi) is 6.99. The fraction of sp³-hybridized carbons (Fsp3) is 0.462. The van der Waals surface area contributed by atoms with E-state index in [-0.39, 0.29) is 12.0 Å². The smallest absolute Gasteiger partial charge is 0.328 e. The van der Waals surface area contributed by atoms with Gasteiger partial charge in [0.25, 0.3) is 0 Å². The van der Waals surface area contributed by atoms with Gasteiger partial charge in [-0.3, -0.25) is 0 Å². The van der Waals surface area contributed by atoms with Gasteiger partial charge in [-0.2, -0.15) is 0 Å². The van der Waals surface area contributed by atoms with E-state index in [0.717, 1.165) is 33.0 Å². The third kappa shape index (κ3) is 4.76. The lowest BCUT2D eigenvalue weighted by Gasteiger charge is -2.17. The Labute approximate surface area is 130 Å². The Morgan fingerprint density at radius 2 is 2.28 bits per heavy atom. The predicted molar refractivity (Wildman–Crippen MR) is 85.8 cm³/mol. The van der Waals surface area contributed by atoms with Gasteiger partial charge in [-0.25, -0.2) is 4.79 Å². The van der Waals surface area contributed by atoms with E-state index in [9.17, 15) is 4.79 Å². The number of esters is 1. The van der Waals surface area contributed by atoms with Gasteiger partial charge in [0.1, 0.15) is 6.04 Å². The first-order valence-corrected chi connectivity index (χ1v) is 7.75. The molecule has 0 amide bonds. The van der Waals surface area contributed by atoms with Gasteiger partial charge < -0.3 is 10.1 Å². The quantitative estimate of drug-likeness (QED) is 0.548. The van der Waals surface area contributed by atoms with E-state index < -0.39 is 0 Å². The van der Waals surface area contributed by atoms with Crippen molar-refractivity contribution in [2.75, 3.05) is 12.4 Å². The van der Waals surface area contributed by atoms with Crippen molar-refractivity contribution >= 4 is 50.2 Å². The molecule has 1 N–H and O–H groups in total. The summed E-state index contributed by atoms with van der Waals surface area (Å²) in [6, 6.07) is 5.67. The van der Waals surface area contributed by atoms with E-state index in [4.69, 9.17) is 4.74 Å². The normalized spacial score (nSPS) is 12.0. The van der Waals surface area contributed by atoms with Crippen LogP contribution in [0.2, 0.25) is 0 Å². The zero-order valence-electron chi connectivity index (χ0n) is 10.5. The molecule has 0 bridgehead atoms. The van der Waals surface area contributed by atoms with Gasteiger partial charge in [-0.1, -0.05) is 19.8 Å². The zero-order chi connectivity index (χ0) is 13.5. The largest absolute Gasteiger partial charge is 0.467 e. The number of ether oxygens (including phenoxy) is 1. The average Bonchev–Trinajstić information content (AvgIpc) is 2.37. The fourth-order valence-corrected chi connectivity index (χ4v) is 2.30. The fourth-order valence-electron chi connectivity index (χ4n) is 1.59. The topological polar surface area (TPSA) is 38.3 Å². The molecular weight excluding hydrogens is 409 g/mol. The molecule has 0 spiro atoms. The van der Waals surface area contributed by atoms with Crippen molar-refractivity contribution in [2.24, 2.45) is 0 Å². The maximum absolute atomic E-state index is 11.7. The molecule has 0 aromatic heterocycles. The van der Waals surface area contributed by atoms with Gasteiger partial charge in [0.15, 0.2) is 0 Å². The van der Waals surface area contributed by atoms with E-state index in [1.165, 1.54) is 7.11 Å². The number of methoxy groups -OCH3 is 1. The molecule has 1 unspecified atom stereocenters. The molecule has 0 aliphatic carbocycles. The summed E-state index contributed by atoms with van der Waals surface area (Å²) in [6.45, 7) is 2.11. The lowest BCUT2D eigenvalue weighted by atomic mass is 10.1. The van der Waals surface area contributed by atoms with Crippen LogP contribution in [-0.4, -0.2) is 19.1 Å². The average molecular weight is 426 g/mol. The summed E-state index contributed by atoms with van der Waals surface area (Å²) in [5.74, 6) is -0.210. The van der Waals surface area contributed by atoms with Crippen molar-refractivity contribution in [1.29, 1.82) is 0 Å². The van der Waals surface area contributed by atoms with Crippen molar-refractivity contribution in [3.05, 3.63) is 26.2 Å². The Hall–Kier alpha value is -0.300. The van der Waals surface area contributed by atoms with Crippen LogP contribution in [0.5, 0.6) is 0 Å². The van der Waals surface area contributed by atoms with Crippen molar-refractivity contribution < 1.29 is 9.53 Å². The zero-order valence-corrected chi connectivity index (χ0v) is 14.2. The minimum absolute atomic E-state index is 0.210. The van der Waals surface area contributed by atoms with Crippen molar-refractivity contribution in [2.45, 2.75) is 32.2 Å². The minimum atomic E-state index is -0.276. The van der Waals surface area contributed by atoms with E-state index in [0.29, 0.717) is 0 Å². The molecule has 0 aliphatic rings. The highest BCUT2D eigenvalue weighted by Gasteiger charge is 2.18. The van der Waals surface area contributed by atoms with Crippen LogP contribution < -0.4 is 5.32 Å². The number of carbonyl (C=O) groups excluding carboxylic acids is 1. The van der Waals surface area contributed by atoms with E-state index >= 15 is 0 Å². The molecular formula is C13H17BrINO2. The molecule has 1 atom stereocenters. The first-order valence-electron chi connectivity index (χ1n) is 5.88. The molecule has 3 nitrogen and oxygen atoms in total. The number of carbonyl (C=O) groups is 1. The third-order valence-corrected chi connectivity index (χ3v) is 4.93. The monoisotopic (exact) mass is 425 g/mol. The number of anilines is 1. The molecule has 0 aliphatic heterocycles. The molecule has 18 heavy (non-hydrogen) atoms. The second-order valence-corrected chi connectivity index (χ2v) is 6.01. The van der Waals surface area contributed by atoms with E-state index in [1.807, 2.05) is 18.2 Å². The number of hydrogen-bond donors (Lipinski definition) is 1. The van der Waals surface area contributed by atoms with Crippen LogP contribution in [0.3, 0.4) is 0 Å². The van der Waals surface area contributed by atoms with Crippen LogP contribution in [0.4, 0.5) is 5.69 Å². The molecule has 0 heterocycles. The van der Waals surface area contributed by atoms with Gasteiger partial charge in [-0.15, -0.1) is 0 Å². The summed E-state index contributed by atoms with van der Waals surface area (Å²) >= 11 is 5.73. The van der Waals surface area contributed by atoms with Gasteiger partial charge in [-0.05, 0) is 63.1 Å². The summed E-state index contributed by atoms with van der Waals surface area (Å²) in [6.07, 6.45) is 2.84. The molecule has 1 rings (SSSR count). The second kappa shape index (κ2) is 7.99. The SMILES string of the molecule is CCCCC(Nc1ccc(I)c(Br)c1)C(=O)OC. The molecule has 0 fully saturated rings. The molecule has 0 saturated heterocycles. The first-order chi connectivity index (χ1) is 8.58. The van der Waals surface area contributed by atoms with Crippen LogP contribution in [0.15, 0.2) is 22.7 Å². The van der Waals surface area contributed by atoms with E-state index in [2.05, 4.69) is 50.8 Å². The Morgan fingerprint density at radius 1 is 1.56 bits per heavy atom. The molecule has 0 saturated carbocycles. The van der Waals surface area contributed by atoms with Crippen LogP contribution in [0.25, 0.3) is 0 Å². The summed E-state index contributed by atoms with van der Waals surface area (Å²) in [4.78, 5) is 11.7. The lowest BCUT2D eigenvalue weighted by molar-refractivity contribution is -0.141. The maximum Gasteiger partial charge on any atom is 0.328 e. The number of benzene rings is 1. The molecule has 100 valence electrons. The third-order valence-electron chi connectivity index (χ3n) is 2.59. The first kappa shape index (κ1) is 15.8. The summed E-state index contributed by atoms with van der Waals surface area (Å²) in [5.41, 5.74) is 0.925. The Bertz CT molecular complexity index is 412. The summed E-state index contributed by atoms with van der Waals surface area (Å²) in [7, 11) is 1.42. The van der Waals surface area contributed by atoms with Crippen molar-refractivity contribution in [3.8, 4) is 0 Å². The van der Waals surface area contributed by atoms with Gasteiger partial charge in [0.05, 0.1) is 7.11 Å². The highest BCUT2D eigenvalue weighted by molar-refractivity contribution is 14.1. The van der Waals surface area contributed by atoms with Crippen LogP contribution in [-0.2, 0) is 9.53 Å². The van der Waals surface area contributed by atoms with Crippen LogP contribution in [0.1, 0.15) is 26.2 Å². The minimum Gasteiger partial charge on any atom is -0.467 e. The second-order valence-electron chi connectivity index (χ2n) is 3.99. The van der Waals surface area contributed by atoms with Gasteiger partial charge in [0, 0.05) is 13.7 Å². The van der Waals surface area contributed by atoms with E-state index in [1.54, 1.807) is 0 Å². The number of hydrogen-bond acceptors (Lipinski definition) is 3. The number of rotatable bonds is 6. The molecule has 0 radical (unpaired) electrons. The van der Waals surface area contributed by atoms with Crippen molar-refractivity contribution in [3.63, 3.8) is 0 Å². The number of halogens is 2. The van der Waals surface area contributed by atoms with Crippen molar-refractivity contribution in [1.82, 2.24) is 0 Å². The molecule has 1 aromatic rings. The molecule has 5 heteroatoms. The standard InChI is InChI=1S/C13H17BrINO2/c1-3-4-5-12(13(17)18-2)16-9-6-7-11(15)10(14)8-9/h6-8,12,16H,3-5H2,1-2H3. The number of nitrogens with one attached hydrogen (secondary N) is 1. The highest BCUT2D eigenvalue weighted by atomic mass is 127. The summed E-state index contributed by atoms with van der Waals surface area (Å²) in [5, 5.41) is 3.22. The van der Waals surface area contributed by atoms with Crippen LogP contribution >= 0.6 is 38.5 Å².